The molecule has 0 aliphatic carbocycles. The molecule has 0 spiro atoms. The molecule has 5 nitrogen and oxygen atoms in total. The Labute approximate surface area is 179 Å². The molecule has 30 heavy (non-hydrogen) atoms. The third-order valence-corrected chi connectivity index (χ3v) is 4.71. The van der Waals surface area contributed by atoms with Gasteiger partial charge in [0.25, 0.3) is 5.91 Å². The molecular weight excluding hydrogens is 405 g/mol. The Hall–Kier alpha value is -3.43. The van der Waals surface area contributed by atoms with Gasteiger partial charge in [-0.2, -0.15) is 5.26 Å². The minimum atomic E-state index is -0.583. The summed E-state index contributed by atoms with van der Waals surface area (Å²) in [7, 11) is 0. The maximum Gasteiger partial charge on any atom is 0.257 e. The molecule has 1 heterocycles. The lowest BCUT2D eigenvalue weighted by Gasteiger charge is -2.16. The number of nitriles is 1. The number of nitrogens with one attached hydrogen (secondary N) is 1. The van der Waals surface area contributed by atoms with Crippen molar-refractivity contribution in [3.8, 4) is 17.7 Å². The zero-order valence-electron chi connectivity index (χ0n) is 16.4. The average molecular weight is 424 g/mol. The molecule has 1 amide bonds. The number of benzene rings is 2. The van der Waals surface area contributed by atoms with Crippen LogP contribution >= 0.6 is 11.6 Å². The molecule has 0 radical (unpaired) electrons. The van der Waals surface area contributed by atoms with E-state index < -0.39 is 17.1 Å². The van der Waals surface area contributed by atoms with E-state index in [1.165, 1.54) is 36.5 Å². The number of nitrogens with zero attached hydrogens (tertiary/aromatic N) is 2. The summed E-state index contributed by atoms with van der Waals surface area (Å²) >= 11 is 6.00. The van der Waals surface area contributed by atoms with Gasteiger partial charge in [0.1, 0.15) is 17.1 Å². The lowest BCUT2D eigenvalue weighted by molar-refractivity contribution is 0.0948. The number of rotatable bonds is 6. The van der Waals surface area contributed by atoms with Crippen LogP contribution in [0.5, 0.6) is 11.6 Å². The average Bonchev–Trinajstić information content (AvgIpc) is 2.75. The van der Waals surface area contributed by atoms with E-state index >= 15 is 0 Å². The Bertz CT molecular complexity index is 1090. The standard InChI is InChI=1S/C23H19ClFN3O2/c1-23(2,14-26)16-5-3-15(4-6-16)12-27-21(29)20-11-17(24)13-28-22(20)30-19-9-7-18(25)8-10-19/h3-11,13H,12H2,1-2H3,(H,27,29). The van der Waals surface area contributed by atoms with Gasteiger partial charge in [0, 0.05) is 12.7 Å². The first kappa shape index (κ1) is 21.3. The molecule has 0 atom stereocenters. The number of carbonyl (C=O) groups is 1. The molecule has 0 unspecified atom stereocenters. The van der Waals surface area contributed by atoms with Gasteiger partial charge >= 0.3 is 0 Å². The highest BCUT2D eigenvalue weighted by Gasteiger charge is 2.19. The molecule has 2 aromatic carbocycles. The van der Waals surface area contributed by atoms with Crippen LogP contribution < -0.4 is 10.1 Å². The number of aromatic nitrogens is 1. The molecule has 7 heteroatoms. The normalized spacial score (nSPS) is 10.9. The minimum absolute atomic E-state index is 0.0645. The molecule has 0 saturated carbocycles. The van der Waals surface area contributed by atoms with Gasteiger partial charge in [-0.05, 0) is 55.3 Å². The molecule has 0 saturated heterocycles. The number of pyridine rings is 1. The van der Waals surface area contributed by atoms with Gasteiger partial charge in [0.2, 0.25) is 5.88 Å². The van der Waals surface area contributed by atoms with Crippen molar-refractivity contribution in [2.75, 3.05) is 0 Å². The summed E-state index contributed by atoms with van der Waals surface area (Å²) in [6.07, 6.45) is 1.37. The fourth-order valence-electron chi connectivity index (χ4n) is 2.67. The Balaban J connectivity index is 1.73. The van der Waals surface area contributed by atoms with Crippen molar-refractivity contribution in [2.45, 2.75) is 25.8 Å². The van der Waals surface area contributed by atoms with Crippen LogP contribution in [0.1, 0.15) is 35.3 Å². The Morgan fingerprint density at radius 3 is 2.50 bits per heavy atom. The quantitative estimate of drug-likeness (QED) is 0.576. The second-order valence-corrected chi connectivity index (χ2v) is 7.62. The van der Waals surface area contributed by atoms with Crippen molar-refractivity contribution in [2.24, 2.45) is 0 Å². The first-order valence-corrected chi connectivity index (χ1v) is 9.54. The van der Waals surface area contributed by atoms with Crippen molar-refractivity contribution in [1.29, 1.82) is 5.26 Å². The highest BCUT2D eigenvalue weighted by Crippen LogP contribution is 2.26. The summed E-state index contributed by atoms with van der Waals surface area (Å²) in [6, 6.07) is 16.6. The first-order valence-electron chi connectivity index (χ1n) is 9.16. The van der Waals surface area contributed by atoms with Gasteiger partial charge in [-0.25, -0.2) is 9.37 Å². The molecular formula is C23H19ClFN3O2. The van der Waals surface area contributed by atoms with Crippen LogP contribution in [0.4, 0.5) is 4.39 Å². The van der Waals surface area contributed by atoms with E-state index in [1.54, 1.807) is 0 Å². The summed E-state index contributed by atoms with van der Waals surface area (Å²) in [5, 5.41) is 12.3. The van der Waals surface area contributed by atoms with E-state index in [0.717, 1.165) is 11.1 Å². The van der Waals surface area contributed by atoms with E-state index in [1.807, 2.05) is 38.1 Å². The van der Waals surface area contributed by atoms with Crippen molar-refractivity contribution in [1.82, 2.24) is 10.3 Å². The summed E-state index contributed by atoms with van der Waals surface area (Å²) in [6.45, 7) is 3.96. The maximum absolute atomic E-state index is 13.1. The van der Waals surface area contributed by atoms with E-state index in [0.29, 0.717) is 5.75 Å². The van der Waals surface area contributed by atoms with Crippen molar-refractivity contribution >= 4 is 17.5 Å². The SMILES string of the molecule is CC(C)(C#N)c1ccc(CNC(=O)c2cc(Cl)cnc2Oc2ccc(F)cc2)cc1. The Morgan fingerprint density at radius 1 is 1.20 bits per heavy atom. The molecule has 152 valence electrons. The lowest BCUT2D eigenvalue weighted by Crippen LogP contribution is -2.23. The molecule has 3 rings (SSSR count). The van der Waals surface area contributed by atoms with Crippen LogP contribution in [0.25, 0.3) is 0 Å². The van der Waals surface area contributed by atoms with Crippen LogP contribution in [0, 0.1) is 17.1 Å². The van der Waals surface area contributed by atoms with Gasteiger partial charge in [-0.3, -0.25) is 4.79 Å². The monoisotopic (exact) mass is 423 g/mol. The van der Waals surface area contributed by atoms with E-state index in [-0.39, 0.29) is 23.0 Å². The maximum atomic E-state index is 13.1. The van der Waals surface area contributed by atoms with Crippen LogP contribution in [-0.4, -0.2) is 10.9 Å². The van der Waals surface area contributed by atoms with Gasteiger partial charge in [0.15, 0.2) is 0 Å². The highest BCUT2D eigenvalue weighted by molar-refractivity contribution is 6.30. The highest BCUT2D eigenvalue weighted by atomic mass is 35.5. The molecule has 0 bridgehead atoms. The molecule has 0 aliphatic heterocycles. The molecule has 0 fully saturated rings. The molecule has 0 aliphatic rings. The molecule has 3 aromatic rings. The third kappa shape index (κ3) is 5.13. The number of hydrogen-bond acceptors (Lipinski definition) is 4. The summed E-state index contributed by atoms with van der Waals surface area (Å²) < 4.78 is 18.7. The van der Waals surface area contributed by atoms with Crippen molar-refractivity contribution in [3.05, 3.63) is 88.3 Å². The van der Waals surface area contributed by atoms with Crippen LogP contribution in [0.2, 0.25) is 5.02 Å². The van der Waals surface area contributed by atoms with Crippen LogP contribution in [0.3, 0.4) is 0 Å². The summed E-state index contributed by atoms with van der Waals surface area (Å²) in [5.41, 5.74) is 1.35. The van der Waals surface area contributed by atoms with Crippen LogP contribution in [0.15, 0.2) is 60.8 Å². The second kappa shape index (κ2) is 8.93. The predicted octanol–water partition coefficient (Wildman–Crippen LogP) is 5.40. The van der Waals surface area contributed by atoms with Crippen LogP contribution in [-0.2, 0) is 12.0 Å². The number of hydrogen-bond donors (Lipinski definition) is 1. The third-order valence-electron chi connectivity index (χ3n) is 4.50. The second-order valence-electron chi connectivity index (χ2n) is 7.18. The Kier molecular flexibility index (Phi) is 6.34. The van der Waals surface area contributed by atoms with E-state index in [2.05, 4.69) is 16.4 Å². The fraction of sp³-hybridized carbons (Fsp3) is 0.174. The largest absolute Gasteiger partial charge is 0.438 e. The van der Waals surface area contributed by atoms with Gasteiger partial charge in [-0.15, -0.1) is 0 Å². The topological polar surface area (TPSA) is 75.0 Å². The number of halogens is 2. The number of ether oxygens (including phenoxy) is 1. The lowest BCUT2D eigenvalue weighted by atomic mass is 9.86. The van der Waals surface area contributed by atoms with Gasteiger partial charge in [0.05, 0.1) is 16.5 Å². The molecule has 1 aromatic heterocycles. The predicted molar refractivity (Wildman–Crippen MR) is 112 cm³/mol. The smallest absolute Gasteiger partial charge is 0.257 e. The zero-order chi connectivity index (χ0) is 21.7. The summed E-state index contributed by atoms with van der Waals surface area (Å²) in [5.74, 6) is -0.400. The van der Waals surface area contributed by atoms with Crippen molar-refractivity contribution < 1.29 is 13.9 Å². The summed E-state index contributed by atoms with van der Waals surface area (Å²) in [4.78, 5) is 16.8. The van der Waals surface area contributed by atoms with Gasteiger partial charge in [-0.1, -0.05) is 35.9 Å². The van der Waals surface area contributed by atoms with E-state index in [4.69, 9.17) is 16.3 Å². The van der Waals surface area contributed by atoms with E-state index in [9.17, 15) is 14.4 Å². The number of carbonyl (C=O) groups excluding carboxylic acids is 1. The minimum Gasteiger partial charge on any atom is -0.438 e. The zero-order valence-corrected chi connectivity index (χ0v) is 17.2. The van der Waals surface area contributed by atoms with Crippen molar-refractivity contribution in [3.63, 3.8) is 0 Å². The number of amides is 1. The molecule has 1 N–H and O–H groups in total. The fourth-order valence-corrected chi connectivity index (χ4v) is 2.82. The van der Waals surface area contributed by atoms with Gasteiger partial charge < -0.3 is 10.1 Å². The Morgan fingerprint density at radius 2 is 1.87 bits per heavy atom. The first-order chi connectivity index (χ1) is 14.3.